The van der Waals surface area contributed by atoms with E-state index in [1.165, 1.54) is 0 Å². The average Bonchev–Trinajstić information content (AvgIpc) is 2.58. The second-order valence-electron chi connectivity index (χ2n) is 3.94. The molecule has 1 aromatic rings. The Balaban J connectivity index is 2.32. The topological polar surface area (TPSA) is 92.5 Å². The van der Waals surface area contributed by atoms with Gasteiger partial charge in [0.1, 0.15) is 0 Å². The molecule has 2 rings (SSSR count). The lowest BCUT2D eigenvalue weighted by Gasteiger charge is -2.05. The minimum absolute atomic E-state index is 0.148. The minimum Gasteiger partial charge on any atom is -0.397 e. The van der Waals surface area contributed by atoms with E-state index >= 15 is 0 Å². The molecule has 1 aromatic carbocycles. The molecule has 0 radical (unpaired) electrons. The highest BCUT2D eigenvalue weighted by Crippen LogP contribution is 2.55. The van der Waals surface area contributed by atoms with Gasteiger partial charge in [-0.05, 0) is 17.7 Å². The third-order valence-corrected chi connectivity index (χ3v) is 2.99. The maximum Gasteiger partial charge on any atom is 0.173 e. The summed E-state index contributed by atoms with van der Waals surface area (Å²) in [6.45, 7) is 1.79. The second-order valence-corrected chi connectivity index (χ2v) is 3.94. The zero-order chi connectivity index (χ0) is 10.5. The molecule has 1 saturated carbocycles. The zero-order valence-electron chi connectivity index (χ0n) is 7.94. The number of anilines is 2. The van der Waals surface area contributed by atoms with E-state index < -0.39 is 5.79 Å². The van der Waals surface area contributed by atoms with Crippen LogP contribution in [0.3, 0.4) is 0 Å². The summed E-state index contributed by atoms with van der Waals surface area (Å²) in [5.41, 5.74) is 13.0. The number of benzene rings is 1. The van der Waals surface area contributed by atoms with Gasteiger partial charge in [0.15, 0.2) is 5.79 Å². The van der Waals surface area contributed by atoms with E-state index in [9.17, 15) is 10.2 Å². The maximum absolute atomic E-state index is 9.46. The fraction of sp³-hybridized carbons (Fsp3) is 0.400. The monoisotopic (exact) mass is 194 g/mol. The van der Waals surface area contributed by atoms with Crippen LogP contribution in [0.25, 0.3) is 0 Å². The summed E-state index contributed by atoms with van der Waals surface area (Å²) in [5, 5.41) is 18.9. The molecule has 2 atom stereocenters. The summed E-state index contributed by atoms with van der Waals surface area (Å²) in [7, 11) is 0. The van der Waals surface area contributed by atoms with Crippen molar-refractivity contribution < 1.29 is 10.2 Å². The van der Waals surface area contributed by atoms with Crippen molar-refractivity contribution in [3.05, 3.63) is 23.8 Å². The molecular formula is C10H14N2O2. The van der Waals surface area contributed by atoms with Gasteiger partial charge in [0.05, 0.1) is 11.4 Å². The molecule has 0 unspecified atom stereocenters. The van der Waals surface area contributed by atoms with Crippen LogP contribution < -0.4 is 11.5 Å². The Morgan fingerprint density at radius 2 is 1.79 bits per heavy atom. The van der Waals surface area contributed by atoms with Crippen molar-refractivity contribution in [1.29, 1.82) is 0 Å². The number of hydrogen-bond acceptors (Lipinski definition) is 4. The largest absolute Gasteiger partial charge is 0.397 e. The number of rotatable bonds is 1. The first-order chi connectivity index (χ1) is 6.44. The van der Waals surface area contributed by atoms with E-state index in [0.29, 0.717) is 11.4 Å². The first-order valence-electron chi connectivity index (χ1n) is 4.54. The van der Waals surface area contributed by atoms with Crippen LogP contribution in [0.5, 0.6) is 0 Å². The predicted octanol–water partition coefficient (Wildman–Crippen LogP) is 0.265. The number of aliphatic hydroxyl groups is 2. The normalized spacial score (nSPS) is 28.8. The first kappa shape index (κ1) is 9.30. The fourth-order valence-corrected chi connectivity index (χ4v) is 1.85. The molecule has 0 aliphatic heterocycles. The molecule has 1 fully saturated rings. The van der Waals surface area contributed by atoms with Gasteiger partial charge in [-0.1, -0.05) is 13.0 Å². The van der Waals surface area contributed by atoms with E-state index in [1.54, 1.807) is 25.1 Å². The highest BCUT2D eigenvalue weighted by molar-refractivity contribution is 5.64. The highest BCUT2D eigenvalue weighted by Gasteiger charge is 2.61. The molecule has 14 heavy (non-hydrogen) atoms. The van der Waals surface area contributed by atoms with Gasteiger partial charge < -0.3 is 21.7 Å². The van der Waals surface area contributed by atoms with Crippen LogP contribution in [-0.4, -0.2) is 16.0 Å². The smallest absolute Gasteiger partial charge is 0.173 e. The summed E-state index contributed by atoms with van der Waals surface area (Å²) in [4.78, 5) is 0. The molecule has 0 amide bonds. The molecule has 1 aliphatic carbocycles. The predicted molar refractivity (Wildman–Crippen MR) is 54.3 cm³/mol. The fourth-order valence-electron chi connectivity index (χ4n) is 1.85. The van der Waals surface area contributed by atoms with Gasteiger partial charge in [0.2, 0.25) is 0 Å². The molecule has 4 nitrogen and oxygen atoms in total. The van der Waals surface area contributed by atoms with Gasteiger partial charge in [-0.3, -0.25) is 0 Å². The lowest BCUT2D eigenvalue weighted by atomic mass is 10.1. The Bertz CT molecular complexity index is 376. The van der Waals surface area contributed by atoms with Crippen LogP contribution in [0.4, 0.5) is 11.4 Å². The highest BCUT2D eigenvalue weighted by atomic mass is 16.5. The summed E-state index contributed by atoms with van der Waals surface area (Å²) in [6, 6.07) is 5.16. The molecule has 0 saturated heterocycles. The van der Waals surface area contributed by atoms with Crippen LogP contribution >= 0.6 is 0 Å². The van der Waals surface area contributed by atoms with E-state index in [0.717, 1.165) is 5.56 Å². The molecule has 0 bridgehead atoms. The van der Waals surface area contributed by atoms with Gasteiger partial charge in [-0.25, -0.2) is 0 Å². The van der Waals surface area contributed by atoms with Gasteiger partial charge in [-0.15, -0.1) is 0 Å². The van der Waals surface area contributed by atoms with Crippen molar-refractivity contribution in [3.8, 4) is 0 Å². The van der Waals surface area contributed by atoms with Gasteiger partial charge in [0, 0.05) is 11.8 Å². The van der Waals surface area contributed by atoms with E-state index in [2.05, 4.69) is 0 Å². The number of nitrogen functional groups attached to an aromatic ring is 2. The summed E-state index contributed by atoms with van der Waals surface area (Å²) in [5.74, 6) is -1.97. The van der Waals surface area contributed by atoms with E-state index in [1.807, 2.05) is 0 Å². The van der Waals surface area contributed by atoms with Gasteiger partial charge in [0.25, 0.3) is 0 Å². The van der Waals surface area contributed by atoms with Crippen LogP contribution in [0.2, 0.25) is 0 Å². The molecule has 0 heterocycles. The lowest BCUT2D eigenvalue weighted by molar-refractivity contribution is -0.0847. The average molecular weight is 194 g/mol. The Hall–Kier alpha value is -1.26. The molecule has 6 N–H and O–H groups in total. The third-order valence-electron chi connectivity index (χ3n) is 2.99. The van der Waals surface area contributed by atoms with Crippen molar-refractivity contribution in [2.75, 3.05) is 11.5 Å². The molecular weight excluding hydrogens is 180 g/mol. The third kappa shape index (κ3) is 1.15. The van der Waals surface area contributed by atoms with Crippen LogP contribution in [0.15, 0.2) is 18.2 Å². The van der Waals surface area contributed by atoms with Gasteiger partial charge in [-0.2, -0.15) is 0 Å². The van der Waals surface area contributed by atoms with Crippen molar-refractivity contribution in [1.82, 2.24) is 0 Å². The van der Waals surface area contributed by atoms with Crippen LogP contribution in [-0.2, 0) is 0 Å². The van der Waals surface area contributed by atoms with Crippen LogP contribution in [0, 0.1) is 5.92 Å². The molecule has 4 heteroatoms. The van der Waals surface area contributed by atoms with Crippen molar-refractivity contribution in [2.24, 2.45) is 5.92 Å². The summed E-state index contributed by atoms with van der Waals surface area (Å²) in [6.07, 6.45) is 0. The van der Waals surface area contributed by atoms with E-state index in [4.69, 9.17) is 11.5 Å². The zero-order valence-corrected chi connectivity index (χ0v) is 7.94. The SMILES string of the molecule is C[C@@H]1[C@H](c2ccc(N)c(N)c2)C1(O)O. The van der Waals surface area contributed by atoms with Gasteiger partial charge >= 0.3 is 0 Å². The Morgan fingerprint density at radius 1 is 1.21 bits per heavy atom. The van der Waals surface area contributed by atoms with Crippen molar-refractivity contribution in [2.45, 2.75) is 18.6 Å². The Kier molecular flexibility index (Phi) is 1.74. The standard InChI is InChI=1S/C10H14N2O2/c1-5-9(10(5,13)14)6-2-3-7(11)8(12)4-6/h2-5,9,13-14H,11-12H2,1H3/t5-,9-/m1/s1. The van der Waals surface area contributed by atoms with Crippen LogP contribution in [0.1, 0.15) is 18.4 Å². The summed E-state index contributed by atoms with van der Waals surface area (Å²) >= 11 is 0. The van der Waals surface area contributed by atoms with Crippen molar-refractivity contribution in [3.63, 3.8) is 0 Å². The quantitative estimate of drug-likeness (QED) is 0.381. The Labute approximate surface area is 82.2 Å². The molecule has 0 aromatic heterocycles. The molecule has 76 valence electrons. The first-order valence-corrected chi connectivity index (χ1v) is 4.54. The van der Waals surface area contributed by atoms with E-state index in [-0.39, 0.29) is 11.8 Å². The second kappa shape index (κ2) is 2.62. The van der Waals surface area contributed by atoms with Crippen molar-refractivity contribution >= 4 is 11.4 Å². The lowest BCUT2D eigenvalue weighted by Crippen LogP contribution is -2.09. The number of nitrogens with two attached hydrogens (primary N) is 2. The minimum atomic E-state index is -1.58. The number of hydrogen-bond donors (Lipinski definition) is 4. The maximum atomic E-state index is 9.46. The Morgan fingerprint density at radius 3 is 2.21 bits per heavy atom. The molecule has 0 spiro atoms. The molecule has 1 aliphatic rings. The summed E-state index contributed by atoms with van der Waals surface area (Å²) < 4.78 is 0.